The third-order valence-corrected chi connectivity index (χ3v) is 4.55. The number of carbonyl (C=O) groups excluding carboxylic acids is 1. The summed E-state index contributed by atoms with van der Waals surface area (Å²) in [5, 5.41) is 0. The lowest BCUT2D eigenvalue weighted by molar-refractivity contribution is 0.0378. The molecule has 1 saturated heterocycles. The Hall–Kier alpha value is -2.53. The highest BCUT2D eigenvalue weighted by Gasteiger charge is 2.23. The van der Waals surface area contributed by atoms with E-state index in [2.05, 4.69) is 34.1 Å². The van der Waals surface area contributed by atoms with Gasteiger partial charge in [0.05, 0.1) is 17.4 Å². The number of rotatable bonds is 5. The second kappa shape index (κ2) is 8.23. The van der Waals surface area contributed by atoms with Crippen LogP contribution in [0.25, 0.3) is 0 Å². The van der Waals surface area contributed by atoms with Crippen LogP contribution >= 0.6 is 0 Å². The van der Waals surface area contributed by atoms with Gasteiger partial charge in [-0.05, 0) is 37.6 Å². The highest BCUT2D eigenvalue weighted by Crippen LogP contribution is 2.26. The summed E-state index contributed by atoms with van der Waals surface area (Å²) in [4.78, 5) is 17.1. The highest BCUT2D eigenvalue weighted by molar-refractivity contribution is 5.97. The first kappa shape index (κ1) is 18.3. The van der Waals surface area contributed by atoms with Crippen molar-refractivity contribution in [2.24, 2.45) is 0 Å². The zero-order valence-corrected chi connectivity index (χ0v) is 15.5. The van der Waals surface area contributed by atoms with Gasteiger partial charge in [-0.15, -0.1) is 0 Å². The molecule has 1 heterocycles. The van der Waals surface area contributed by atoms with E-state index in [0.717, 1.165) is 38.4 Å². The lowest BCUT2D eigenvalue weighted by atomic mass is 10.1. The molecule has 0 radical (unpaired) electrons. The van der Waals surface area contributed by atoms with Crippen LogP contribution < -0.4 is 10.6 Å². The molecule has 2 aromatic carbocycles. The lowest BCUT2D eigenvalue weighted by Gasteiger charge is -2.37. The van der Waals surface area contributed by atoms with Crippen LogP contribution in [0.4, 0.5) is 11.4 Å². The molecular formula is C21H27N3O2. The van der Waals surface area contributed by atoms with E-state index in [1.165, 1.54) is 5.56 Å². The van der Waals surface area contributed by atoms with Crippen molar-refractivity contribution in [1.82, 2.24) is 4.90 Å². The number of esters is 1. The van der Waals surface area contributed by atoms with E-state index < -0.39 is 0 Å². The molecule has 0 unspecified atom stereocenters. The van der Waals surface area contributed by atoms with Crippen LogP contribution in [0.3, 0.4) is 0 Å². The molecule has 1 aliphatic heterocycles. The van der Waals surface area contributed by atoms with Gasteiger partial charge < -0.3 is 15.4 Å². The fourth-order valence-corrected chi connectivity index (χ4v) is 3.26. The average Bonchev–Trinajstić information content (AvgIpc) is 2.63. The average molecular weight is 353 g/mol. The molecule has 5 heteroatoms. The largest absolute Gasteiger partial charge is 0.459 e. The van der Waals surface area contributed by atoms with Gasteiger partial charge in [-0.2, -0.15) is 0 Å². The molecule has 26 heavy (non-hydrogen) atoms. The molecule has 0 aliphatic carbocycles. The van der Waals surface area contributed by atoms with E-state index in [9.17, 15) is 4.79 Å². The van der Waals surface area contributed by atoms with Gasteiger partial charge in [0.25, 0.3) is 0 Å². The number of benzene rings is 2. The minimum atomic E-state index is -0.311. The second-order valence-corrected chi connectivity index (χ2v) is 6.98. The maximum absolute atomic E-state index is 12.5. The Balaban J connectivity index is 1.68. The number of carbonyl (C=O) groups is 1. The molecule has 5 nitrogen and oxygen atoms in total. The van der Waals surface area contributed by atoms with Crippen LogP contribution in [-0.2, 0) is 11.3 Å². The molecule has 0 bridgehead atoms. The van der Waals surface area contributed by atoms with E-state index >= 15 is 0 Å². The number of nitrogen functional groups attached to an aromatic ring is 1. The number of ether oxygens (including phenoxy) is 1. The van der Waals surface area contributed by atoms with Crippen molar-refractivity contribution in [1.29, 1.82) is 0 Å². The molecule has 1 fully saturated rings. The molecule has 0 saturated carbocycles. The molecular weight excluding hydrogens is 326 g/mol. The molecule has 0 aromatic heterocycles. The van der Waals surface area contributed by atoms with Crippen molar-refractivity contribution >= 4 is 17.3 Å². The van der Waals surface area contributed by atoms with Crippen LogP contribution in [0.5, 0.6) is 0 Å². The van der Waals surface area contributed by atoms with Crippen LogP contribution in [0.15, 0.2) is 48.5 Å². The molecule has 0 spiro atoms. The summed E-state index contributed by atoms with van der Waals surface area (Å²) in [6.45, 7) is 8.32. The Morgan fingerprint density at radius 1 is 1.08 bits per heavy atom. The molecule has 2 aromatic rings. The van der Waals surface area contributed by atoms with Crippen LogP contribution in [0.2, 0.25) is 0 Å². The summed E-state index contributed by atoms with van der Waals surface area (Å²) >= 11 is 0. The first-order chi connectivity index (χ1) is 12.5. The van der Waals surface area contributed by atoms with Crippen molar-refractivity contribution < 1.29 is 9.53 Å². The summed E-state index contributed by atoms with van der Waals surface area (Å²) in [5.74, 6) is -0.311. The Kier molecular flexibility index (Phi) is 5.78. The monoisotopic (exact) mass is 353 g/mol. The minimum absolute atomic E-state index is 0.153. The van der Waals surface area contributed by atoms with Crippen molar-refractivity contribution in [3.63, 3.8) is 0 Å². The van der Waals surface area contributed by atoms with Gasteiger partial charge in [0.2, 0.25) is 0 Å². The number of nitrogens with zero attached hydrogens (tertiary/aromatic N) is 2. The molecule has 0 atom stereocenters. The van der Waals surface area contributed by atoms with Gasteiger partial charge >= 0.3 is 5.97 Å². The van der Waals surface area contributed by atoms with E-state index in [1.54, 1.807) is 6.07 Å². The topological polar surface area (TPSA) is 58.8 Å². The van der Waals surface area contributed by atoms with Crippen LogP contribution in [0, 0.1) is 0 Å². The zero-order valence-electron chi connectivity index (χ0n) is 15.5. The fourth-order valence-electron chi connectivity index (χ4n) is 3.26. The van der Waals surface area contributed by atoms with E-state index in [1.807, 2.05) is 32.0 Å². The second-order valence-electron chi connectivity index (χ2n) is 6.98. The Morgan fingerprint density at radius 2 is 1.77 bits per heavy atom. The van der Waals surface area contributed by atoms with Crippen LogP contribution in [0.1, 0.15) is 29.8 Å². The fraction of sp³-hybridized carbons (Fsp3) is 0.381. The van der Waals surface area contributed by atoms with Gasteiger partial charge in [0, 0.05) is 38.4 Å². The Labute approximate surface area is 155 Å². The van der Waals surface area contributed by atoms with Crippen molar-refractivity contribution in [2.75, 3.05) is 36.8 Å². The molecule has 0 amide bonds. The lowest BCUT2D eigenvalue weighted by Crippen LogP contribution is -2.46. The smallest absolute Gasteiger partial charge is 0.340 e. The van der Waals surface area contributed by atoms with Gasteiger partial charge in [0.15, 0.2) is 0 Å². The van der Waals surface area contributed by atoms with Crippen molar-refractivity contribution in [3.05, 3.63) is 59.7 Å². The molecule has 1 aliphatic rings. The third-order valence-electron chi connectivity index (χ3n) is 4.55. The maximum atomic E-state index is 12.5. The van der Waals surface area contributed by atoms with E-state index in [-0.39, 0.29) is 12.1 Å². The molecule has 3 rings (SSSR count). The van der Waals surface area contributed by atoms with Crippen molar-refractivity contribution in [3.8, 4) is 0 Å². The van der Waals surface area contributed by atoms with Gasteiger partial charge in [-0.25, -0.2) is 4.79 Å². The Morgan fingerprint density at radius 3 is 2.42 bits per heavy atom. The summed E-state index contributed by atoms with van der Waals surface area (Å²) in [6, 6.07) is 16.0. The first-order valence-electron chi connectivity index (χ1n) is 9.14. The first-order valence-corrected chi connectivity index (χ1v) is 9.14. The molecule has 138 valence electrons. The Bertz CT molecular complexity index is 738. The quantitative estimate of drug-likeness (QED) is 0.661. The van der Waals surface area contributed by atoms with Gasteiger partial charge in [0.1, 0.15) is 0 Å². The third kappa shape index (κ3) is 4.55. The minimum Gasteiger partial charge on any atom is -0.459 e. The van der Waals surface area contributed by atoms with Gasteiger partial charge in [-0.1, -0.05) is 30.3 Å². The van der Waals surface area contributed by atoms with Crippen molar-refractivity contribution in [2.45, 2.75) is 26.5 Å². The summed E-state index contributed by atoms with van der Waals surface area (Å²) in [6.07, 6.45) is -0.153. The highest BCUT2D eigenvalue weighted by atomic mass is 16.5. The zero-order chi connectivity index (χ0) is 18.5. The standard InChI is InChI=1S/C21H27N3O2/c1-16(2)26-21(25)19-14-18(22)8-9-20(19)24-12-10-23(11-13-24)15-17-6-4-3-5-7-17/h3-9,14,16H,10-13,15,22H2,1-2H3. The van der Waals surface area contributed by atoms with E-state index in [0.29, 0.717) is 11.3 Å². The predicted octanol–water partition coefficient (Wildman–Crippen LogP) is 3.16. The SMILES string of the molecule is CC(C)OC(=O)c1cc(N)ccc1N1CCN(Cc2ccccc2)CC1. The summed E-state index contributed by atoms with van der Waals surface area (Å²) in [7, 11) is 0. The molecule has 2 N–H and O–H groups in total. The normalized spacial score (nSPS) is 15.3. The van der Waals surface area contributed by atoms with Crippen LogP contribution in [-0.4, -0.2) is 43.2 Å². The van der Waals surface area contributed by atoms with E-state index in [4.69, 9.17) is 10.5 Å². The maximum Gasteiger partial charge on any atom is 0.340 e. The number of hydrogen-bond donors (Lipinski definition) is 1. The number of piperazine rings is 1. The number of hydrogen-bond acceptors (Lipinski definition) is 5. The summed E-state index contributed by atoms with van der Waals surface area (Å²) < 4.78 is 5.39. The number of anilines is 2. The van der Waals surface area contributed by atoms with Gasteiger partial charge in [-0.3, -0.25) is 4.90 Å². The summed E-state index contributed by atoms with van der Waals surface area (Å²) in [5.41, 5.74) is 9.26. The predicted molar refractivity (Wildman–Crippen MR) is 105 cm³/mol. The number of nitrogens with two attached hydrogens (primary N) is 1.